The number of carbonyl (C=O) groups is 1. The maximum atomic E-state index is 10.2. The van der Waals surface area contributed by atoms with E-state index in [1.54, 1.807) is 24.3 Å². The van der Waals surface area contributed by atoms with Crippen LogP contribution >= 0.6 is 0 Å². The van der Waals surface area contributed by atoms with Crippen LogP contribution in [0.5, 0.6) is 0 Å². The Morgan fingerprint density at radius 2 is 1.58 bits per heavy atom. The van der Waals surface area contributed by atoms with Gasteiger partial charge in [0, 0.05) is 5.41 Å². The van der Waals surface area contributed by atoms with Crippen LogP contribution in [0.25, 0.3) is 6.08 Å². The third-order valence-corrected chi connectivity index (χ3v) is 1.86. The van der Waals surface area contributed by atoms with E-state index in [9.17, 15) is 13.0 Å². The molecule has 0 fully saturated rings. The van der Waals surface area contributed by atoms with E-state index in [0.29, 0.717) is 11.0 Å². The molecule has 0 radical (unpaired) electrons. The molecule has 0 N–H and O–H groups in total. The third kappa shape index (κ3) is 18.1. The zero-order valence-corrected chi connectivity index (χ0v) is 15.6. The molecule has 0 bridgehead atoms. The van der Waals surface area contributed by atoms with Crippen molar-refractivity contribution in [3.8, 4) is 0 Å². The first-order valence-corrected chi connectivity index (χ1v) is 5.84. The van der Waals surface area contributed by atoms with Gasteiger partial charge in [0.15, 0.2) is 0 Å². The van der Waals surface area contributed by atoms with Crippen LogP contribution in [0.15, 0.2) is 48.4 Å². The Morgan fingerprint density at radius 3 is 1.89 bits per heavy atom. The average Bonchev–Trinajstić information content (AvgIpc) is 2.28. The minimum atomic E-state index is -4.25. The Kier molecular flexibility index (Phi) is 16.6. The van der Waals surface area contributed by atoms with Gasteiger partial charge < -0.3 is 14.5 Å². The largest absolute Gasteiger partial charge is 1.00 e. The predicted molar refractivity (Wildman–Crippen MR) is 60.4 cm³/mol. The number of aliphatic carboxylic acids is 1. The van der Waals surface area contributed by atoms with E-state index in [2.05, 4.69) is 6.58 Å². The predicted octanol–water partition coefficient (Wildman–Crippen LogP) is -5.87. The van der Waals surface area contributed by atoms with Crippen LogP contribution in [-0.2, 0) is 14.9 Å². The number of carboxylic acid groups (broad SMARTS) is 1. The van der Waals surface area contributed by atoms with Crippen molar-refractivity contribution < 1.29 is 82.0 Å². The Labute approximate surface area is 156 Å². The van der Waals surface area contributed by atoms with Crippen molar-refractivity contribution in [3.63, 3.8) is 0 Å². The van der Waals surface area contributed by atoms with Gasteiger partial charge in [0.25, 0.3) is 0 Å². The molecule has 19 heavy (non-hydrogen) atoms. The Hall–Kier alpha value is 0.0800. The van der Waals surface area contributed by atoms with Gasteiger partial charge in [-0.05, 0) is 17.7 Å². The first kappa shape index (κ1) is 24.1. The number of hydrogen-bond donors (Lipinski definition) is 0. The molecule has 92 valence electrons. The molecule has 0 aliphatic rings. The summed E-state index contributed by atoms with van der Waals surface area (Å²) in [6, 6.07) is 8.75. The molecule has 8 heteroatoms. The summed E-state index contributed by atoms with van der Waals surface area (Å²) in [4.78, 5) is 9.14. The standard InChI is InChI=1S/C8H8O3S.C3H4O2.2Na/c9-12(10,11)7-6-8-4-2-1-3-5-8;1-2-3(4)5;;/h1-7H,(H,9,10,11);2H,1H2,(H,4,5);;/q;;2*+1/p-2. The molecule has 1 aromatic carbocycles. The van der Waals surface area contributed by atoms with Gasteiger partial charge in [-0.15, -0.1) is 0 Å². The van der Waals surface area contributed by atoms with Crippen LogP contribution in [0, 0.1) is 0 Å². The molecule has 0 saturated heterocycles. The van der Waals surface area contributed by atoms with Crippen LogP contribution in [-0.4, -0.2) is 18.9 Å². The molecule has 5 nitrogen and oxygen atoms in total. The van der Waals surface area contributed by atoms with Crippen molar-refractivity contribution in [1.82, 2.24) is 0 Å². The van der Waals surface area contributed by atoms with Gasteiger partial charge in [-0.3, -0.25) is 0 Å². The molecule has 0 saturated carbocycles. The van der Waals surface area contributed by atoms with Crippen LogP contribution in [0.1, 0.15) is 5.56 Å². The minimum Gasteiger partial charge on any atom is -0.744 e. The molecule has 0 spiro atoms. The Bertz CT molecular complexity index is 497. The summed E-state index contributed by atoms with van der Waals surface area (Å²) in [5.41, 5.74) is 0.692. The topological polar surface area (TPSA) is 97.3 Å². The summed E-state index contributed by atoms with van der Waals surface area (Å²) in [5, 5.41) is 9.78. The molecule has 0 unspecified atom stereocenters. The molecule has 0 atom stereocenters. The summed E-state index contributed by atoms with van der Waals surface area (Å²) in [6.45, 7) is 2.90. The number of rotatable bonds is 3. The van der Waals surface area contributed by atoms with E-state index in [1.807, 2.05) is 6.07 Å². The summed E-state index contributed by atoms with van der Waals surface area (Å²) >= 11 is 0. The summed E-state index contributed by atoms with van der Waals surface area (Å²) in [5.74, 6) is -1.23. The summed E-state index contributed by atoms with van der Waals surface area (Å²) in [7, 11) is -4.25. The maximum Gasteiger partial charge on any atom is 1.00 e. The van der Waals surface area contributed by atoms with Crippen LogP contribution in [0.3, 0.4) is 0 Å². The van der Waals surface area contributed by atoms with E-state index in [1.165, 1.54) is 6.08 Å². The fourth-order valence-electron chi connectivity index (χ4n) is 0.726. The molecule has 0 aromatic heterocycles. The van der Waals surface area contributed by atoms with Crippen molar-refractivity contribution >= 4 is 22.2 Å². The van der Waals surface area contributed by atoms with Crippen LogP contribution < -0.4 is 64.2 Å². The monoisotopic (exact) mass is 300 g/mol. The second-order valence-electron chi connectivity index (χ2n) is 2.73. The molecule has 1 aromatic rings. The minimum absolute atomic E-state index is 0. The molecule has 0 heterocycles. The smallest absolute Gasteiger partial charge is 0.744 e. The quantitative estimate of drug-likeness (QED) is 0.315. The average molecular weight is 300 g/mol. The van der Waals surface area contributed by atoms with Gasteiger partial charge in [0.05, 0.1) is 5.97 Å². The normalized spacial score (nSPS) is 9.32. The molecule has 0 aliphatic heterocycles. The van der Waals surface area contributed by atoms with Crippen molar-refractivity contribution in [1.29, 1.82) is 0 Å². The van der Waals surface area contributed by atoms with Gasteiger partial charge in [0.2, 0.25) is 0 Å². The number of carboxylic acids is 1. The van der Waals surface area contributed by atoms with E-state index < -0.39 is 16.1 Å². The third-order valence-electron chi connectivity index (χ3n) is 1.39. The molecule has 0 amide bonds. The first-order chi connectivity index (χ1) is 7.85. The molecule has 0 aliphatic carbocycles. The summed E-state index contributed by atoms with van der Waals surface area (Å²) < 4.78 is 30.5. The zero-order valence-electron chi connectivity index (χ0n) is 10.8. The van der Waals surface area contributed by atoms with Crippen molar-refractivity contribution in [2.45, 2.75) is 0 Å². The molecular weight excluding hydrogens is 290 g/mol. The van der Waals surface area contributed by atoms with Crippen molar-refractivity contribution in [2.75, 3.05) is 0 Å². The number of benzene rings is 1. The molecule has 1 rings (SSSR count). The summed E-state index contributed by atoms with van der Waals surface area (Å²) in [6.07, 6.45) is 1.99. The Balaban J connectivity index is -0.000000320. The Morgan fingerprint density at radius 1 is 1.16 bits per heavy atom. The fourth-order valence-corrected chi connectivity index (χ4v) is 1.05. The van der Waals surface area contributed by atoms with Gasteiger partial charge in [-0.1, -0.05) is 36.9 Å². The van der Waals surface area contributed by atoms with E-state index in [-0.39, 0.29) is 59.1 Å². The maximum absolute atomic E-state index is 10.2. The SMILES string of the molecule is C=CC(=O)[O-].O=S(=O)([O-])C=Cc1ccccc1.[Na+].[Na+]. The van der Waals surface area contributed by atoms with Crippen LogP contribution in [0.2, 0.25) is 0 Å². The van der Waals surface area contributed by atoms with Crippen molar-refractivity contribution in [2.24, 2.45) is 0 Å². The van der Waals surface area contributed by atoms with E-state index in [0.717, 1.165) is 6.08 Å². The van der Waals surface area contributed by atoms with Gasteiger partial charge in [0.1, 0.15) is 10.1 Å². The number of carbonyl (C=O) groups excluding carboxylic acids is 1. The zero-order chi connectivity index (χ0) is 13.3. The van der Waals surface area contributed by atoms with Crippen LogP contribution in [0.4, 0.5) is 0 Å². The number of hydrogen-bond acceptors (Lipinski definition) is 5. The van der Waals surface area contributed by atoms with E-state index >= 15 is 0 Å². The van der Waals surface area contributed by atoms with E-state index in [4.69, 9.17) is 9.90 Å². The van der Waals surface area contributed by atoms with Crippen molar-refractivity contribution in [3.05, 3.63) is 54.0 Å². The van der Waals surface area contributed by atoms with Gasteiger partial charge in [-0.25, -0.2) is 8.42 Å². The second-order valence-corrected chi connectivity index (χ2v) is 3.99. The molecular formula is C11H10Na2O5S. The first-order valence-electron chi connectivity index (χ1n) is 4.37. The second kappa shape index (κ2) is 13.1. The fraction of sp³-hybridized carbons (Fsp3) is 0. The van der Waals surface area contributed by atoms with Gasteiger partial charge in [-0.2, -0.15) is 0 Å². The van der Waals surface area contributed by atoms with Gasteiger partial charge >= 0.3 is 59.1 Å².